The molecular formula is C23H31N3O3+2. The molecular weight excluding hydrogens is 366 g/mol. The van der Waals surface area contributed by atoms with Gasteiger partial charge in [0.25, 0.3) is 5.91 Å². The van der Waals surface area contributed by atoms with Crippen LogP contribution in [0.15, 0.2) is 42.5 Å². The van der Waals surface area contributed by atoms with E-state index in [-0.39, 0.29) is 11.9 Å². The van der Waals surface area contributed by atoms with Crippen LogP contribution in [0, 0.1) is 6.92 Å². The molecule has 2 heterocycles. The van der Waals surface area contributed by atoms with E-state index in [4.69, 9.17) is 9.47 Å². The van der Waals surface area contributed by atoms with E-state index in [1.165, 1.54) is 16.0 Å². The fourth-order valence-corrected chi connectivity index (χ4v) is 4.20. The number of amides is 1. The van der Waals surface area contributed by atoms with Gasteiger partial charge in [0, 0.05) is 17.3 Å². The first-order valence-electron chi connectivity index (χ1n) is 10.5. The van der Waals surface area contributed by atoms with Crippen LogP contribution in [0.25, 0.3) is 0 Å². The van der Waals surface area contributed by atoms with Gasteiger partial charge in [-0.15, -0.1) is 0 Å². The van der Waals surface area contributed by atoms with Crippen LogP contribution in [-0.2, 0) is 11.3 Å². The highest BCUT2D eigenvalue weighted by molar-refractivity contribution is 5.93. The molecule has 1 saturated heterocycles. The van der Waals surface area contributed by atoms with Gasteiger partial charge in [-0.1, -0.05) is 29.8 Å². The van der Waals surface area contributed by atoms with Gasteiger partial charge in [0.2, 0.25) is 0 Å². The lowest BCUT2D eigenvalue weighted by atomic mass is 10.1. The SMILES string of the molecule is Cc1cccc(C[NH+]2CC[NH+]([C@H](C)C(=O)Nc3ccc4c(c3)OCCO4)CC2)c1. The number of rotatable bonds is 5. The highest BCUT2D eigenvalue weighted by Crippen LogP contribution is 2.32. The smallest absolute Gasteiger partial charge is 0.282 e. The van der Waals surface area contributed by atoms with Crippen LogP contribution in [0.2, 0.25) is 0 Å². The molecule has 0 aliphatic carbocycles. The average molecular weight is 398 g/mol. The number of hydrogen-bond acceptors (Lipinski definition) is 3. The van der Waals surface area contributed by atoms with Crippen molar-refractivity contribution in [3.63, 3.8) is 0 Å². The maximum Gasteiger partial charge on any atom is 0.282 e. The van der Waals surface area contributed by atoms with E-state index in [0.717, 1.165) is 44.2 Å². The molecule has 0 bridgehead atoms. The predicted molar refractivity (Wildman–Crippen MR) is 112 cm³/mol. The molecule has 3 N–H and O–H groups in total. The van der Waals surface area contributed by atoms with Gasteiger partial charge >= 0.3 is 0 Å². The molecule has 1 amide bonds. The normalized spacial score (nSPS) is 22.0. The molecule has 1 fully saturated rings. The van der Waals surface area contributed by atoms with Crippen molar-refractivity contribution in [2.75, 3.05) is 44.7 Å². The minimum atomic E-state index is -0.0799. The Morgan fingerprint density at radius 3 is 2.55 bits per heavy atom. The second-order valence-corrected chi connectivity index (χ2v) is 8.14. The van der Waals surface area contributed by atoms with Crippen molar-refractivity contribution in [2.24, 2.45) is 0 Å². The molecule has 154 valence electrons. The Morgan fingerprint density at radius 2 is 1.79 bits per heavy atom. The van der Waals surface area contributed by atoms with Gasteiger partial charge < -0.3 is 24.6 Å². The van der Waals surface area contributed by atoms with E-state index in [0.29, 0.717) is 19.0 Å². The minimum Gasteiger partial charge on any atom is -0.486 e. The van der Waals surface area contributed by atoms with Crippen LogP contribution in [0.5, 0.6) is 11.5 Å². The van der Waals surface area contributed by atoms with E-state index in [9.17, 15) is 4.79 Å². The number of carbonyl (C=O) groups excluding carboxylic acids is 1. The van der Waals surface area contributed by atoms with Crippen molar-refractivity contribution in [1.82, 2.24) is 0 Å². The predicted octanol–water partition coefficient (Wildman–Crippen LogP) is 0.0768. The first-order valence-corrected chi connectivity index (χ1v) is 10.5. The van der Waals surface area contributed by atoms with Crippen molar-refractivity contribution >= 4 is 11.6 Å². The second-order valence-electron chi connectivity index (χ2n) is 8.14. The molecule has 29 heavy (non-hydrogen) atoms. The van der Waals surface area contributed by atoms with Gasteiger partial charge in [-0.3, -0.25) is 4.79 Å². The number of carbonyl (C=O) groups is 1. The van der Waals surface area contributed by atoms with E-state index in [2.05, 4.69) is 36.5 Å². The van der Waals surface area contributed by atoms with Crippen molar-refractivity contribution in [1.29, 1.82) is 0 Å². The number of aryl methyl sites for hydroxylation is 1. The summed E-state index contributed by atoms with van der Waals surface area (Å²) in [7, 11) is 0. The molecule has 0 saturated carbocycles. The van der Waals surface area contributed by atoms with Crippen molar-refractivity contribution in [3.05, 3.63) is 53.6 Å². The number of ether oxygens (including phenoxy) is 2. The summed E-state index contributed by atoms with van der Waals surface area (Å²) in [5.41, 5.74) is 3.47. The molecule has 1 atom stereocenters. The molecule has 0 aromatic heterocycles. The summed E-state index contributed by atoms with van der Waals surface area (Å²) in [6.07, 6.45) is 0. The Morgan fingerprint density at radius 1 is 1.03 bits per heavy atom. The van der Waals surface area contributed by atoms with E-state index < -0.39 is 0 Å². The monoisotopic (exact) mass is 397 g/mol. The summed E-state index contributed by atoms with van der Waals surface area (Å²) in [5, 5.41) is 3.04. The summed E-state index contributed by atoms with van der Waals surface area (Å²) < 4.78 is 11.1. The number of piperazine rings is 1. The number of fused-ring (bicyclic) bond motifs is 1. The Labute approximate surface area is 172 Å². The van der Waals surface area contributed by atoms with Crippen LogP contribution in [-0.4, -0.2) is 51.3 Å². The van der Waals surface area contributed by atoms with Crippen molar-refractivity contribution in [3.8, 4) is 11.5 Å². The van der Waals surface area contributed by atoms with Gasteiger partial charge in [0.1, 0.15) is 45.9 Å². The molecule has 0 unspecified atom stereocenters. The molecule has 4 rings (SSSR count). The van der Waals surface area contributed by atoms with Gasteiger partial charge in [-0.25, -0.2) is 0 Å². The fourth-order valence-electron chi connectivity index (χ4n) is 4.20. The number of quaternary nitrogens is 2. The highest BCUT2D eigenvalue weighted by Gasteiger charge is 2.31. The lowest BCUT2D eigenvalue weighted by Gasteiger charge is -2.32. The van der Waals surface area contributed by atoms with Gasteiger partial charge in [0.15, 0.2) is 17.5 Å². The maximum atomic E-state index is 12.8. The topological polar surface area (TPSA) is 56.4 Å². The average Bonchev–Trinajstić information content (AvgIpc) is 2.74. The van der Waals surface area contributed by atoms with Crippen LogP contribution in [0.4, 0.5) is 5.69 Å². The number of hydrogen-bond donors (Lipinski definition) is 3. The molecule has 2 aliphatic heterocycles. The summed E-state index contributed by atoms with van der Waals surface area (Å²) in [4.78, 5) is 15.7. The van der Waals surface area contributed by atoms with Gasteiger partial charge in [0.05, 0.1) is 0 Å². The molecule has 2 aromatic carbocycles. The van der Waals surface area contributed by atoms with Crippen molar-refractivity contribution in [2.45, 2.75) is 26.4 Å². The summed E-state index contributed by atoms with van der Waals surface area (Å²) in [6.45, 7) is 10.5. The number of anilines is 1. The van der Waals surface area contributed by atoms with Gasteiger partial charge in [-0.2, -0.15) is 0 Å². The molecule has 0 radical (unpaired) electrons. The summed E-state index contributed by atoms with van der Waals surface area (Å²) >= 11 is 0. The standard InChI is InChI=1S/C23H29N3O3/c1-17-4-3-5-19(14-17)16-25-8-10-26(11-9-25)18(2)23(27)24-20-6-7-21-22(15-20)29-13-12-28-21/h3-7,14-15,18H,8-13,16H2,1-2H3,(H,24,27)/p+2/t18-/m1/s1. The Balaban J connectivity index is 1.28. The maximum absolute atomic E-state index is 12.8. The van der Waals surface area contributed by atoms with Crippen LogP contribution < -0.4 is 24.6 Å². The number of nitrogens with one attached hydrogen (secondary N) is 3. The zero-order valence-electron chi connectivity index (χ0n) is 17.3. The first kappa shape index (κ1) is 19.7. The van der Waals surface area contributed by atoms with Crippen LogP contribution in [0.3, 0.4) is 0 Å². The van der Waals surface area contributed by atoms with E-state index >= 15 is 0 Å². The molecule has 2 aliphatic rings. The van der Waals surface area contributed by atoms with E-state index in [1.807, 2.05) is 25.1 Å². The number of benzene rings is 2. The minimum absolute atomic E-state index is 0.0545. The third-order valence-electron chi connectivity index (χ3n) is 5.95. The van der Waals surface area contributed by atoms with Crippen LogP contribution in [0.1, 0.15) is 18.1 Å². The first-order chi connectivity index (χ1) is 14.1. The lowest BCUT2D eigenvalue weighted by molar-refractivity contribution is -1.02. The molecule has 2 aromatic rings. The third-order valence-corrected chi connectivity index (χ3v) is 5.95. The van der Waals surface area contributed by atoms with Crippen molar-refractivity contribution < 1.29 is 24.1 Å². The zero-order chi connectivity index (χ0) is 20.2. The van der Waals surface area contributed by atoms with Crippen LogP contribution >= 0.6 is 0 Å². The Hall–Kier alpha value is -2.57. The molecule has 6 nitrogen and oxygen atoms in total. The fraction of sp³-hybridized carbons (Fsp3) is 0.435. The van der Waals surface area contributed by atoms with Gasteiger partial charge in [-0.05, 0) is 26.0 Å². The molecule has 6 heteroatoms. The zero-order valence-corrected chi connectivity index (χ0v) is 17.3. The molecule has 0 spiro atoms. The van der Waals surface area contributed by atoms with E-state index in [1.54, 1.807) is 4.90 Å². The lowest BCUT2D eigenvalue weighted by Crippen LogP contribution is -3.29. The Kier molecular flexibility index (Phi) is 6.02. The Bertz CT molecular complexity index is 862. The summed E-state index contributed by atoms with van der Waals surface area (Å²) in [6, 6.07) is 14.3. The quantitative estimate of drug-likeness (QED) is 0.670. The third kappa shape index (κ3) is 4.89. The largest absolute Gasteiger partial charge is 0.486 e. The second kappa shape index (κ2) is 8.84. The highest BCUT2D eigenvalue weighted by atomic mass is 16.6. The summed E-state index contributed by atoms with van der Waals surface area (Å²) in [5.74, 6) is 1.49.